The van der Waals surface area contributed by atoms with Gasteiger partial charge in [0, 0.05) is 24.7 Å². The Morgan fingerprint density at radius 1 is 1.09 bits per heavy atom. The molecule has 2 rings (SSSR count). The molecule has 1 amide bonds. The summed E-state index contributed by atoms with van der Waals surface area (Å²) in [6.07, 6.45) is 2.36. The number of rotatable bonds is 6. The van der Waals surface area contributed by atoms with Crippen LogP contribution >= 0.6 is 12.2 Å². The van der Waals surface area contributed by atoms with Gasteiger partial charge in [0.2, 0.25) is 0 Å². The molecule has 0 heterocycles. The van der Waals surface area contributed by atoms with Crippen LogP contribution in [0.5, 0.6) is 0 Å². The van der Waals surface area contributed by atoms with Crippen molar-refractivity contribution in [3.63, 3.8) is 0 Å². The average Bonchev–Trinajstić information content (AvgIpc) is 3.34. The lowest BCUT2D eigenvalue weighted by atomic mass is 10.1. The van der Waals surface area contributed by atoms with E-state index in [4.69, 9.17) is 12.2 Å². The standard InChI is InChI=1S/C19H28N2OS/c1-14(2)12-20(17-10-11-17)19(23)21(13-15(3)4)18(22)16-8-6-5-7-9-16/h5-9,14-15,17H,10-13H2,1-4H3. The molecule has 23 heavy (non-hydrogen) atoms. The molecule has 1 aromatic rings. The van der Waals surface area contributed by atoms with Crippen LogP contribution in [0.3, 0.4) is 0 Å². The number of benzene rings is 1. The molecule has 4 heteroatoms. The Morgan fingerprint density at radius 3 is 2.13 bits per heavy atom. The van der Waals surface area contributed by atoms with Gasteiger partial charge in [-0.2, -0.15) is 0 Å². The van der Waals surface area contributed by atoms with Gasteiger partial charge in [-0.05, 0) is 49.0 Å². The van der Waals surface area contributed by atoms with Gasteiger partial charge in [-0.15, -0.1) is 0 Å². The quantitative estimate of drug-likeness (QED) is 0.730. The van der Waals surface area contributed by atoms with E-state index in [1.54, 1.807) is 4.90 Å². The number of thiocarbonyl (C=S) groups is 1. The molecule has 0 unspecified atom stereocenters. The molecule has 1 aromatic carbocycles. The van der Waals surface area contributed by atoms with Gasteiger partial charge in [-0.3, -0.25) is 9.69 Å². The zero-order chi connectivity index (χ0) is 17.0. The maximum absolute atomic E-state index is 13.0. The summed E-state index contributed by atoms with van der Waals surface area (Å²) >= 11 is 5.76. The molecule has 1 fully saturated rings. The van der Waals surface area contributed by atoms with Crippen molar-refractivity contribution in [2.45, 2.75) is 46.6 Å². The normalized spacial score (nSPS) is 14.2. The van der Waals surface area contributed by atoms with Crippen LogP contribution in [0.15, 0.2) is 30.3 Å². The number of carbonyl (C=O) groups is 1. The van der Waals surface area contributed by atoms with Crippen molar-refractivity contribution < 1.29 is 4.79 Å². The van der Waals surface area contributed by atoms with Crippen LogP contribution in [-0.4, -0.2) is 40.0 Å². The highest BCUT2D eigenvalue weighted by atomic mass is 32.1. The Morgan fingerprint density at radius 2 is 1.65 bits per heavy atom. The number of nitrogens with zero attached hydrogens (tertiary/aromatic N) is 2. The van der Waals surface area contributed by atoms with Gasteiger partial charge in [-0.25, -0.2) is 0 Å². The van der Waals surface area contributed by atoms with Crippen molar-refractivity contribution in [3.8, 4) is 0 Å². The van der Waals surface area contributed by atoms with Crippen LogP contribution in [0.4, 0.5) is 0 Å². The van der Waals surface area contributed by atoms with Crippen LogP contribution < -0.4 is 0 Å². The minimum atomic E-state index is 0.0127. The summed E-state index contributed by atoms with van der Waals surface area (Å²) in [7, 11) is 0. The van der Waals surface area contributed by atoms with E-state index in [-0.39, 0.29) is 5.91 Å². The molecule has 0 radical (unpaired) electrons. The van der Waals surface area contributed by atoms with Gasteiger partial charge < -0.3 is 4.90 Å². The molecule has 0 bridgehead atoms. The van der Waals surface area contributed by atoms with Gasteiger partial charge in [0.1, 0.15) is 0 Å². The van der Waals surface area contributed by atoms with Crippen molar-refractivity contribution in [2.24, 2.45) is 11.8 Å². The molecule has 0 N–H and O–H groups in total. The highest BCUT2D eigenvalue weighted by Gasteiger charge is 2.35. The van der Waals surface area contributed by atoms with Crippen molar-refractivity contribution in [2.75, 3.05) is 13.1 Å². The zero-order valence-electron chi connectivity index (χ0n) is 14.7. The maximum atomic E-state index is 13.0. The second-order valence-electron chi connectivity index (χ2n) is 7.24. The van der Waals surface area contributed by atoms with Gasteiger partial charge in [-0.1, -0.05) is 45.9 Å². The Bertz CT molecular complexity index is 538. The van der Waals surface area contributed by atoms with Gasteiger partial charge in [0.25, 0.3) is 5.91 Å². The van der Waals surface area contributed by atoms with Gasteiger partial charge >= 0.3 is 0 Å². The Balaban J connectivity index is 2.22. The molecule has 0 aromatic heterocycles. The van der Waals surface area contributed by atoms with Crippen LogP contribution in [0.2, 0.25) is 0 Å². The molecule has 0 saturated heterocycles. The van der Waals surface area contributed by atoms with E-state index in [9.17, 15) is 4.79 Å². The summed E-state index contributed by atoms with van der Waals surface area (Å²) in [5, 5.41) is 0.698. The van der Waals surface area contributed by atoms with E-state index in [1.807, 2.05) is 30.3 Å². The fourth-order valence-electron chi connectivity index (χ4n) is 2.67. The highest BCUT2D eigenvalue weighted by Crippen LogP contribution is 2.29. The summed E-state index contributed by atoms with van der Waals surface area (Å²) in [4.78, 5) is 17.0. The van der Waals surface area contributed by atoms with Gasteiger partial charge in [0.15, 0.2) is 5.11 Å². The lowest BCUT2D eigenvalue weighted by molar-refractivity contribution is 0.0818. The summed E-state index contributed by atoms with van der Waals surface area (Å²) < 4.78 is 0. The van der Waals surface area contributed by atoms with Crippen molar-refractivity contribution in [1.29, 1.82) is 0 Å². The minimum Gasteiger partial charge on any atom is -0.346 e. The van der Waals surface area contributed by atoms with E-state index in [2.05, 4.69) is 32.6 Å². The van der Waals surface area contributed by atoms with Crippen molar-refractivity contribution in [3.05, 3.63) is 35.9 Å². The summed E-state index contributed by atoms with van der Waals surface area (Å²) in [6.45, 7) is 10.2. The summed E-state index contributed by atoms with van der Waals surface area (Å²) in [5.74, 6) is 0.917. The first-order valence-corrected chi connectivity index (χ1v) is 8.98. The average molecular weight is 333 g/mol. The van der Waals surface area contributed by atoms with Crippen molar-refractivity contribution in [1.82, 2.24) is 9.80 Å². The predicted octanol–water partition coefficient (Wildman–Crippen LogP) is 4.19. The third kappa shape index (κ3) is 5.03. The third-order valence-electron chi connectivity index (χ3n) is 3.84. The van der Waals surface area contributed by atoms with Gasteiger partial charge in [0.05, 0.1) is 0 Å². The lowest BCUT2D eigenvalue weighted by Gasteiger charge is -2.34. The number of hydrogen-bond donors (Lipinski definition) is 0. The van der Waals surface area contributed by atoms with E-state index in [0.29, 0.717) is 35.1 Å². The smallest absolute Gasteiger partial charge is 0.260 e. The molecular weight excluding hydrogens is 304 g/mol. The molecule has 0 atom stereocenters. The number of amides is 1. The lowest BCUT2D eigenvalue weighted by Crippen LogP contribution is -2.49. The Hall–Kier alpha value is -1.42. The van der Waals surface area contributed by atoms with E-state index in [0.717, 1.165) is 6.54 Å². The molecular formula is C19H28N2OS. The molecule has 0 spiro atoms. The first-order valence-electron chi connectivity index (χ1n) is 8.57. The second-order valence-corrected chi connectivity index (χ2v) is 7.60. The molecule has 1 aliphatic rings. The van der Waals surface area contributed by atoms with Crippen LogP contribution in [0, 0.1) is 11.8 Å². The number of hydrogen-bond acceptors (Lipinski definition) is 2. The molecule has 126 valence electrons. The summed E-state index contributed by atoms with van der Waals surface area (Å²) in [6, 6.07) is 9.97. The Kier molecular flexibility index (Phi) is 6.17. The topological polar surface area (TPSA) is 23.6 Å². The molecule has 1 aliphatic carbocycles. The van der Waals surface area contributed by atoms with E-state index < -0.39 is 0 Å². The third-order valence-corrected chi connectivity index (χ3v) is 4.29. The predicted molar refractivity (Wildman–Crippen MR) is 99.5 cm³/mol. The van der Waals surface area contributed by atoms with Crippen LogP contribution in [-0.2, 0) is 0 Å². The van der Waals surface area contributed by atoms with Crippen LogP contribution in [0.1, 0.15) is 50.9 Å². The second kappa shape index (κ2) is 7.91. The fraction of sp³-hybridized carbons (Fsp3) is 0.579. The number of carbonyl (C=O) groups excluding carboxylic acids is 1. The largest absolute Gasteiger partial charge is 0.346 e. The fourth-order valence-corrected chi connectivity index (χ4v) is 3.05. The molecule has 0 aliphatic heterocycles. The first kappa shape index (κ1) is 17.9. The first-order chi connectivity index (χ1) is 10.9. The maximum Gasteiger partial charge on any atom is 0.260 e. The monoisotopic (exact) mass is 332 g/mol. The minimum absolute atomic E-state index is 0.0127. The zero-order valence-corrected chi connectivity index (χ0v) is 15.5. The highest BCUT2D eigenvalue weighted by molar-refractivity contribution is 7.80. The van der Waals surface area contributed by atoms with E-state index >= 15 is 0 Å². The van der Waals surface area contributed by atoms with Crippen LogP contribution in [0.25, 0.3) is 0 Å². The molecule has 3 nitrogen and oxygen atoms in total. The summed E-state index contributed by atoms with van der Waals surface area (Å²) in [5.41, 5.74) is 0.704. The Labute approximate surface area is 145 Å². The van der Waals surface area contributed by atoms with E-state index in [1.165, 1.54) is 12.8 Å². The SMILES string of the molecule is CC(C)CN(C(=O)c1ccccc1)C(=S)N(CC(C)C)C1CC1. The van der Waals surface area contributed by atoms with Crippen molar-refractivity contribution >= 4 is 23.2 Å². The molecule has 1 saturated carbocycles.